The van der Waals surface area contributed by atoms with Gasteiger partial charge in [-0.2, -0.15) is 0 Å². The lowest BCUT2D eigenvalue weighted by molar-refractivity contribution is -0.150. The summed E-state index contributed by atoms with van der Waals surface area (Å²) in [5.41, 5.74) is -0.467. The third-order valence-electron chi connectivity index (χ3n) is 2.32. The molecule has 0 spiro atoms. The summed E-state index contributed by atoms with van der Waals surface area (Å²) in [6.07, 6.45) is 2.89. The van der Waals surface area contributed by atoms with Gasteiger partial charge in [0.05, 0.1) is 12.5 Å². The van der Waals surface area contributed by atoms with E-state index in [-0.39, 0.29) is 12.6 Å². The van der Waals surface area contributed by atoms with E-state index in [0.29, 0.717) is 6.54 Å². The lowest BCUT2D eigenvalue weighted by atomic mass is 9.94. The van der Waals surface area contributed by atoms with Gasteiger partial charge < -0.3 is 15.2 Å². The maximum absolute atomic E-state index is 11.3. The van der Waals surface area contributed by atoms with Crippen LogP contribution < -0.4 is 5.32 Å². The van der Waals surface area contributed by atoms with Crippen LogP contribution >= 0.6 is 0 Å². The number of ether oxygens (including phenoxy) is 1. The summed E-state index contributed by atoms with van der Waals surface area (Å²) in [7, 11) is 1.41. The molecule has 4 heteroatoms. The molecule has 0 amide bonds. The van der Waals surface area contributed by atoms with E-state index in [2.05, 4.69) is 5.32 Å². The maximum atomic E-state index is 11.3. The molecule has 0 aliphatic carbocycles. The first kappa shape index (κ1) is 14.4. The molecule has 0 fully saturated rings. The Morgan fingerprint density at radius 3 is 2.53 bits per heavy atom. The highest BCUT2D eigenvalue weighted by atomic mass is 16.5. The van der Waals surface area contributed by atoms with E-state index < -0.39 is 5.41 Å². The van der Waals surface area contributed by atoms with Gasteiger partial charge in [-0.3, -0.25) is 4.79 Å². The molecular formula is C11H23NO3. The zero-order chi connectivity index (χ0) is 11.7. The SMILES string of the molecule is COC(=O)C(C)(C)CNCCCCCO. The number of methoxy groups -OCH3 is 1. The number of nitrogens with one attached hydrogen (secondary N) is 1. The van der Waals surface area contributed by atoms with Crippen LogP contribution in [-0.4, -0.2) is 37.9 Å². The van der Waals surface area contributed by atoms with Crippen LogP contribution in [0, 0.1) is 5.41 Å². The Kier molecular flexibility index (Phi) is 7.34. The van der Waals surface area contributed by atoms with Crippen molar-refractivity contribution in [1.29, 1.82) is 0 Å². The van der Waals surface area contributed by atoms with E-state index in [9.17, 15) is 4.79 Å². The van der Waals surface area contributed by atoms with E-state index in [0.717, 1.165) is 25.8 Å². The zero-order valence-corrected chi connectivity index (χ0v) is 10.0. The van der Waals surface area contributed by atoms with Gasteiger partial charge in [-0.15, -0.1) is 0 Å². The van der Waals surface area contributed by atoms with Gasteiger partial charge in [0.25, 0.3) is 0 Å². The van der Waals surface area contributed by atoms with Crippen LogP contribution in [0.3, 0.4) is 0 Å². The molecule has 0 rings (SSSR count). The first-order chi connectivity index (χ1) is 7.04. The minimum absolute atomic E-state index is 0.189. The molecule has 0 aromatic heterocycles. The average Bonchev–Trinajstić information content (AvgIpc) is 2.22. The van der Waals surface area contributed by atoms with Crippen LogP contribution in [0.2, 0.25) is 0 Å². The molecule has 0 aliphatic rings. The highest BCUT2D eigenvalue weighted by Crippen LogP contribution is 2.15. The van der Waals surface area contributed by atoms with Crippen LogP contribution in [0.25, 0.3) is 0 Å². The van der Waals surface area contributed by atoms with Crippen LogP contribution in [0.15, 0.2) is 0 Å². The van der Waals surface area contributed by atoms with Gasteiger partial charge >= 0.3 is 5.97 Å². The average molecular weight is 217 g/mol. The Balaban J connectivity index is 3.53. The Bertz CT molecular complexity index is 181. The smallest absolute Gasteiger partial charge is 0.312 e. The van der Waals surface area contributed by atoms with Gasteiger partial charge in [0.15, 0.2) is 0 Å². The van der Waals surface area contributed by atoms with E-state index in [1.165, 1.54) is 7.11 Å². The molecule has 0 aromatic rings. The molecule has 0 bridgehead atoms. The topological polar surface area (TPSA) is 58.6 Å². The van der Waals surface area contributed by atoms with Crippen molar-refractivity contribution in [3.8, 4) is 0 Å². The zero-order valence-electron chi connectivity index (χ0n) is 10.0. The Hall–Kier alpha value is -0.610. The molecular weight excluding hydrogens is 194 g/mol. The highest BCUT2D eigenvalue weighted by Gasteiger charge is 2.27. The number of rotatable bonds is 8. The molecule has 0 aliphatic heterocycles. The van der Waals surface area contributed by atoms with Crippen molar-refractivity contribution in [3.05, 3.63) is 0 Å². The fourth-order valence-corrected chi connectivity index (χ4v) is 1.29. The summed E-state index contributed by atoms with van der Waals surface area (Å²) in [5.74, 6) is -0.189. The molecule has 0 saturated carbocycles. The summed E-state index contributed by atoms with van der Waals surface area (Å²) in [6.45, 7) is 5.48. The van der Waals surface area contributed by atoms with Gasteiger partial charge in [-0.05, 0) is 39.7 Å². The van der Waals surface area contributed by atoms with E-state index in [1.54, 1.807) is 0 Å². The second kappa shape index (κ2) is 7.65. The van der Waals surface area contributed by atoms with Gasteiger partial charge in [-0.25, -0.2) is 0 Å². The molecule has 0 radical (unpaired) electrons. The summed E-state index contributed by atoms with van der Waals surface area (Å²) >= 11 is 0. The lowest BCUT2D eigenvalue weighted by Gasteiger charge is -2.21. The Morgan fingerprint density at radius 2 is 2.00 bits per heavy atom. The largest absolute Gasteiger partial charge is 0.469 e. The van der Waals surface area contributed by atoms with Crippen molar-refractivity contribution >= 4 is 5.97 Å². The lowest BCUT2D eigenvalue weighted by Crippen LogP contribution is -2.37. The van der Waals surface area contributed by atoms with Gasteiger partial charge in [0.1, 0.15) is 0 Å². The molecule has 0 aromatic carbocycles. The Labute approximate surface area is 92.0 Å². The third kappa shape index (κ3) is 6.47. The third-order valence-corrected chi connectivity index (χ3v) is 2.32. The monoisotopic (exact) mass is 217 g/mol. The second-order valence-electron chi connectivity index (χ2n) is 4.34. The number of unbranched alkanes of at least 4 members (excludes halogenated alkanes) is 2. The summed E-state index contributed by atoms with van der Waals surface area (Å²) in [5, 5.41) is 11.8. The first-order valence-corrected chi connectivity index (χ1v) is 5.44. The van der Waals surface area contributed by atoms with E-state index in [4.69, 9.17) is 9.84 Å². The van der Waals surface area contributed by atoms with Crippen LogP contribution in [-0.2, 0) is 9.53 Å². The highest BCUT2D eigenvalue weighted by molar-refractivity contribution is 5.75. The number of carbonyl (C=O) groups excluding carboxylic acids is 1. The summed E-state index contributed by atoms with van der Waals surface area (Å²) in [6, 6.07) is 0. The van der Waals surface area contributed by atoms with E-state index in [1.807, 2.05) is 13.8 Å². The van der Waals surface area contributed by atoms with Crippen molar-refractivity contribution in [2.45, 2.75) is 33.1 Å². The number of esters is 1. The summed E-state index contributed by atoms with van der Waals surface area (Å²) in [4.78, 5) is 11.3. The number of carbonyl (C=O) groups is 1. The second-order valence-corrected chi connectivity index (χ2v) is 4.34. The fraction of sp³-hybridized carbons (Fsp3) is 0.909. The Morgan fingerprint density at radius 1 is 1.33 bits per heavy atom. The number of hydrogen-bond acceptors (Lipinski definition) is 4. The molecule has 0 heterocycles. The molecule has 15 heavy (non-hydrogen) atoms. The summed E-state index contributed by atoms with van der Waals surface area (Å²) < 4.78 is 4.70. The van der Waals surface area contributed by atoms with Gasteiger partial charge in [0, 0.05) is 13.2 Å². The molecule has 90 valence electrons. The quantitative estimate of drug-likeness (QED) is 0.469. The number of aliphatic hydroxyl groups is 1. The minimum Gasteiger partial charge on any atom is -0.469 e. The molecule has 4 nitrogen and oxygen atoms in total. The number of hydrogen-bond donors (Lipinski definition) is 2. The molecule has 2 N–H and O–H groups in total. The first-order valence-electron chi connectivity index (χ1n) is 5.44. The van der Waals surface area contributed by atoms with Crippen molar-refractivity contribution in [1.82, 2.24) is 5.32 Å². The van der Waals surface area contributed by atoms with Crippen molar-refractivity contribution in [3.63, 3.8) is 0 Å². The number of aliphatic hydroxyl groups excluding tert-OH is 1. The minimum atomic E-state index is -0.467. The van der Waals surface area contributed by atoms with E-state index >= 15 is 0 Å². The predicted octanol–water partition coefficient (Wildman–Crippen LogP) is 0.938. The normalized spacial score (nSPS) is 11.5. The molecule has 0 unspecified atom stereocenters. The maximum Gasteiger partial charge on any atom is 0.312 e. The van der Waals surface area contributed by atoms with Gasteiger partial charge in [-0.1, -0.05) is 0 Å². The molecule has 0 saturated heterocycles. The van der Waals surface area contributed by atoms with Crippen molar-refractivity contribution < 1.29 is 14.6 Å². The predicted molar refractivity (Wildman–Crippen MR) is 59.6 cm³/mol. The van der Waals surface area contributed by atoms with Crippen LogP contribution in [0.4, 0.5) is 0 Å². The van der Waals surface area contributed by atoms with Crippen LogP contribution in [0.5, 0.6) is 0 Å². The molecule has 0 atom stereocenters. The van der Waals surface area contributed by atoms with Gasteiger partial charge in [0.2, 0.25) is 0 Å². The fourth-order valence-electron chi connectivity index (χ4n) is 1.29. The standard InChI is InChI=1S/C11H23NO3/c1-11(2,10(14)15-3)9-12-7-5-4-6-8-13/h12-13H,4-9H2,1-3H3. The van der Waals surface area contributed by atoms with Crippen molar-refractivity contribution in [2.24, 2.45) is 5.41 Å². The van der Waals surface area contributed by atoms with Crippen molar-refractivity contribution in [2.75, 3.05) is 26.8 Å². The van der Waals surface area contributed by atoms with Crippen LogP contribution in [0.1, 0.15) is 33.1 Å².